The van der Waals surface area contributed by atoms with Gasteiger partial charge in [0.1, 0.15) is 11.5 Å². The van der Waals surface area contributed by atoms with E-state index in [2.05, 4.69) is 49.6 Å². The molecule has 2 rings (SSSR count). The van der Waals surface area contributed by atoms with Gasteiger partial charge in [-0.25, -0.2) is 0 Å². The molecule has 4 nitrogen and oxygen atoms in total. The number of nitrogens with one attached hydrogen (secondary N) is 2. The van der Waals surface area contributed by atoms with Crippen LogP contribution in [0.4, 0.5) is 11.4 Å². The largest absolute Gasteiger partial charge is 0.494 e. The first-order valence-corrected chi connectivity index (χ1v) is 9.61. The summed E-state index contributed by atoms with van der Waals surface area (Å²) in [5, 5.41) is 6.83. The molecule has 0 aliphatic heterocycles. The lowest BCUT2D eigenvalue weighted by atomic mass is 10.1. The first-order chi connectivity index (χ1) is 12.7. The Morgan fingerprint density at radius 3 is 2.19 bits per heavy atom. The van der Waals surface area contributed by atoms with E-state index in [0.717, 1.165) is 62.0 Å². The minimum absolute atomic E-state index is 0.669. The zero-order chi connectivity index (χ0) is 18.6. The molecule has 0 bridgehead atoms. The molecule has 0 atom stereocenters. The molecule has 0 fully saturated rings. The SMILES string of the molecule is CCCOc1cccc(NCCNc2ccc(OCCC(C)C)cc2)c1. The van der Waals surface area contributed by atoms with Gasteiger partial charge in [-0.3, -0.25) is 0 Å². The third-order valence-corrected chi connectivity index (χ3v) is 3.91. The van der Waals surface area contributed by atoms with Crippen LogP contribution in [0.3, 0.4) is 0 Å². The van der Waals surface area contributed by atoms with Crippen molar-refractivity contribution < 1.29 is 9.47 Å². The zero-order valence-corrected chi connectivity index (χ0v) is 16.3. The van der Waals surface area contributed by atoms with Gasteiger partial charge in [-0.2, -0.15) is 0 Å². The van der Waals surface area contributed by atoms with Crippen molar-refractivity contribution in [3.05, 3.63) is 48.5 Å². The van der Waals surface area contributed by atoms with Crippen molar-refractivity contribution in [3.8, 4) is 11.5 Å². The van der Waals surface area contributed by atoms with Gasteiger partial charge in [0.2, 0.25) is 0 Å². The predicted molar refractivity (Wildman–Crippen MR) is 111 cm³/mol. The fourth-order valence-electron chi connectivity index (χ4n) is 2.41. The van der Waals surface area contributed by atoms with E-state index in [0.29, 0.717) is 5.92 Å². The molecule has 0 heterocycles. The van der Waals surface area contributed by atoms with E-state index in [9.17, 15) is 0 Å². The van der Waals surface area contributed by atoms with Crippen molar-refractivity contribution >= 4 is 11.4 Å². The molecular formula is C22H32N2O2. The third-order valence-electron chi connectivity index (χ3n) is 3.91. The number of ether oxygens (including phenoxy) is 2. The average molecular weight is 357 g/mol. The summed E-state index contributed by atoms with van der Waals surface area (Å²) in [5.41, 5.74) is 2.18. The maximum absolute atomic E-state index is 5.74. The van der Waals surface area contributed by atoms with Crippen LogP contribution in [0.5, 0.6) is 11.5 Å². The molecule has 0 amide bonds. The van der Waals surface area contributed by atoms with Gasteiger partial charge >= 0.3 is 0 Å². The van der Waals surface area contributed by atoms with Crippen molar-refractivity contribution in [3.63, 3.8) is 0 Å². The van der Waals surface area contributed by atoms with Crippen molar-refractivity contribution in [2.45, 2.75) is 33.6 Å². The lowest BCUT2D eigenvalue weighted by Crippen LogP contribution is -2.13. The van der Waals surface area contributed by atoms with Crippen LogP contribution in [-0.4, -0.2) is 26.3 Å². The molecule has 0 aliphatic rings. The maximum atomic E-state index is 5.74. The summed E-state index contributed by atoms with van der Waals surface area (Å²) < 4.78 is 11.4. The number of rotatable bonds is 12. The Hall–Kier alpha value is -2.36. The summed E-state index contributed by atoms with van der Waals surface area (Å²) in [5.74, 6) is 2.51. The highest BCUT2D eigenvalue weighted by Gasteiger charge is 1.99. The van der Waals surface area contributed by atoms with Gasteiger partial charge in [0.25, 0.3) is 0 Å². The Bertz CT molecular complexity index is 626. The molecule has 4 heteroatoms. The number of hydrogen-bond acceptors (Lipinski definition) is 4. The van der Waals surface area contributed by atoms with Crippen LogP contribution in [0, 0.1) is 5.92 Å². The highest BCUT2D eigenvalue weighted by Crippen LogP contribution is 2.18. The molecule has 2 aromatic rings. The van der Waals surface area contributed by atoms with E-state index in [1.165, 1.54) is 0 Å². The summed E-state index contributed by atoms with van der Waals surface area (Å²) in [6, 6.07) is 16.3. The van der Waals surface area contributed by atoms with Crippen molar-refractivity contribution in [2.24, 2.45) is 5.92 Å². The zero-order valence-electron chi connectivity index (χ0n) is 16.3. The Morgan fingerprint density at radius 1 is 0.808 bits per heavy atom. The second-order valence-corrected chi connectivity index (χ2v) is 6.79. The van der Waals surface area contributed by atoms with Crippen LogP contribution in [0.15, 0.2) is 48.5 Å². The molecule has 0 saturated heterocycles. The fraction of sp³-hybridized carbons (Fsp3) is 0.455. The monoisotopic (exact) mass is 356 g/mol. The third kappa shape index (κ3) is 7.68. The van der Waals surface area contributed by atoms with Gasteiger partial charge in [0, 0.05) is 30.5 Å². The normalized spacial score (nSPS) is 10.6. The van der Waals surface area contributed by atoms with E-state index in [-0.39, 0.29) is 0 Å². The van der Waals surface area contributed by atoms with E-state index in [1.807, 2.05) is 30.3 Å². The van der Waals surface area contributed by atoms with Crippen molar-refractivity contribution in [2.75, 3.05) is 36.9 Å². The van der Waals surface area contributed by atoms with Crippen LogP contribution in [0.25, 0.3) is 0 Å². The van der Waals surface area contributed by atoms with Crippen LogP contribution < -0.4 is 20.1 Å². The van der Waals surface area contributed by atoms with Crippen LogP contribution in [0.1, 0.15) is 33.6 Å². The smallest absolute Gasteiger partial charge is 0.121 e. The van der Waals surface area contributed by atoms with Crippen LogP contribution in [-0.2, 0) is 0 Å². The minimum atomic E-state index is 0.669. The summed E-state index contributed by atoms with van der Waals surface area (Å²) in [6.45, 7) is 9.73. The van der Waals surface area contributed by atoms with Gasteiger partial charge in [-0.1, -0.05) is 26.8 Å². The summed E-state index contributed by atoms with van der Waals surface area (Å²) in [7, 11) is 0. The molecule has 0 aliphatic carbocycles. The van der Waals surface area contributed by atoms with Crippen LogP contribution >= 0.6 is 0 Å². The molecule has 0 saturated carbocycles. The van der Waals surface area contributed by atoms with E-state index in [4.69, 9.17) is 9.47 Å². The molecule has 2 N–H and O–H groups in total. The second kappa shape index (κ2) is 11.3. The topological polar surface area (TPSA) is 42.5 Å². The van der Waals surface area contributed by atoms with Gasteiger partial charge < -0.3 is 20.1 Å². The van der Waals surface area contributed by atoms with Crippen LogP contribution in [0.2, 0.25) is 0 Å². The van der Waals surface area contributed by atoms with Gasteiger partial charge in [0.05, 0.1) is 13.2 Å². The molecular weight excluding hydrogens is 324 g/mol. The first kappa shape index (κ1) is 20.0. The molecule has 0 aromatic heterocycles. The minimum Gasteiger partial charge on any atom is -0.494 e. The van der Waals surface area contributed by atoms with Crippen molar-refractivity contribution in [1.29, 1.82) is 0 Å². The molecule has 26 heavy (non-hydrogen) atoms. The summed E-state index contributed by atoms with van der Waals surface area (Å²) >= 11 is 0. The fourth-order valence-corrected chi connectivity index (χ4v) is 2.41. The Kier molecular flexibility index (Phi) is 8.67. The number of anilines is 2. The van der Waals surface area contributed by atoms with E-state index < -0.39 is 0 Å². The molecule has 142 valence electrons. The lowest BCUT2D eigenvalue weighted by Gasteiger charge is -2.12. The highest BCUT2D eigenvalue weighted by atomic mass is 16.5. The lowest BCUT2D eigenvalue weighted by molar-refractivity contribution is 0.289. The number of hydrogen-bond donors (Lipinski definition) is 2. The van der Waals surface area contributed by atoms with Gasteiger partial charge in [0.15, 0.2) is 0 Å². The first-order valence-electron chi connectivity index (χ1n) is 9.61. The average Bonchev–Trinajstić information content (AvgIpc) is 2.65. The molecule has 0 spiro atoms. The van der Waals surface area contributed by atoms with Gasteiger partial charge in [-0.05, 0) is 55.2 Å². The van der Waals surface area contributed by atoms with E-state index in [1.54, 1.807) is 0 Å². The molecule has 0 unspecified atom stereocenters. The molecule has 0 radical (unpaired) electrons. The Morgan fingerprint density at radius 2 is 1.50 bits per heavy atom. The van der Waals surface area contributed by atoms with E-state index >= 15 is 0 Å². The standard InChI is InChI=1S/C22H32N2O2/c1-4-15-25-22-7-5-6-20(17-22)24-14-13-23-19-8-10-21(11-9-19)26-16-12-18(2)3/h5-11,17-18,23-24H,4,12-16H2,1-3H3. The maximum Gasteiger partial charge on any atom is 0.121 e. The Balaban J connectivity index is 1.68. The Labute approximate surface area is 157 Å². The summed E-state index contributed by atoms with van der Waals surface area (Å²) in [4.78, 5) is 0. The second-order valence-electron chi connectivity index (χ2n) is 6.79. The van der Waals surface area contributed by atoms with Gasteiger partial charge in [-0.15, -0.1) is 0 Å². The van der Waals surface area contributed by atoms with Crippen molar-refractivity contribution in [1.82, 2.24) is 0 Å². The quantitative estimate of drug-likeness (QED) is 0.498. The molecule has 2 aromatic carbocycles. The highest BCUT2D eigenvalue weighted by molar-refractivity contribution is 5.49. The predicted octanol–water partition coefficient (Wildman–Crippen LogP) is 5.42. The summed E-state index contributed by atoms with van der Waals surface area (Å²) in [6.07, 6.45) is 2.10. The number of benzene rings is 2.